The molecule has 0 saturated heterocycles. The van der Waals surface area contributed by atoms with Crippen LogP contribution < -0.4 is 4.74 Å². The Bertz CT molecular complexity index is 621. The van der Waals surface area contributed by atoms with Crippen LogP contribution in [0, 0.1) is 0 Å². The van der Waals surface area contributed by atoms with E-state index >= 15 is 0 Å². The fourth-order valence-corrected chi connectivity index (χ4v) is 3.00. The van der Waals surface area contributed by atoms with Crippen molar-refractivity contribution in [2.75, 3.05) is 0 Å². The molecular weight excluding hydrogens is 264 g/mol. The third kappa shape index (κ3) is 3.24. The summed E-state index contributed by atoms with van der Waals surface area (Å²) in [6.45, 7) is 0. The van der Waals surface area contributed by atoms with Crippen LogP contribution in [0.15, 0.2) is 54.6 Å². The van der Waals surface area contributed by atoms with Crippen molar-refractivity contribution in [3.8, 4) is 5.75 Å². The molecule has 0 amide bonds. The number of fused-ring (bicyclic) bond motifs is 1. The predicted octanol–water partition coefficient (Wildman–Crippen LogP) is 3.64. The van der Waals surface area contributed by atoms with Crippen molar-refractivity contribution >= 4 is 5.97 Å². The van der Waals surface area contributed by atoms with Crippen molar-refractivity contribution in [3.63, 3.8) is 0 Å². The molecule has 3 heteroatoms. The molecule has 2 aromatic carbocycles. The molecule has 0 saturated carbocycles. The van der Waals surface area contributed by atoms with Crippen LogP contribution in [0.2, 0.25) is 0 Å². The Kier molecular flexibility index (Phi) is 3.91. The molecule has 3 rings (SSSR count). The van der Waals surface area contributed by atoms with E-state index in [0.29, 0.717) is 0 Å². The Labute approximate surface area is 124 Å². The highest BCUT2D eigenvalue weighted by atomic mass is 16.5. The predicted molar refractivity (Wildman–Crippen MR) is 80.6 cm³/mol. The quantitative estimate of drug-likeness (QED) is 0.931. The van der Waals surface area contributed by atoms with Gasteiger partial charge in [0.15, 0.2) is 0 Å². The summed E-state index contributed by atoms with van der Waals surface area (Å²) in [4.78, 5) is 11.1. The Morgan fingerprint density at radius 3 is 2.57 bits per heavy atom. The molecule has 0 spiro atoms. The topological polar surface area (TPSA) is 46.5 Å². The molecule has 0 aromatic heterocycles. The minimum absolute atomic E-state index is 0.0289. The van der Waals surface area contributed by atoms with Crippen LogP contribution >= 0.6 is 0 Å². The summed E-state index contributed by atoms with van der Waals surface area (Å²) in [6.07, 6.45) is 1.75. The van der Waals surface area contributed by atoms with E-state index in [0.717, 1.165) is 24.2 Å². The fraction of sp³-hybridized carbons (Fsp3) is 0.278. The van der Waals surface area contributed by atoms with Crippen molar-refractivity contribution in [3.05, 3.63) is 65.7 Å². The number of hydrogen-bond donors (Lipinski definition) is 1. The lowest BCUT2D eigenvalue weighted by molar-refractivity contribution is -0.137. The summed E-state index contributed by atoms with van der Waals surface area (Å²) in [5.41, 5.74) is 2.24. The molecule has 0 radical (unpaired) electrons. The van der Waals surface area contributed by atoms with Crippen LogP contribution in [-0.2, 0) is 11.2 Å². The number of aliphatic carboxylic acids is 1. The lowest BCUT2D eigenvalue weighted by Gasteiger charge is -2.31. The highest BCUT2D eigenvalue weighted by Crippen LogP contribution is 2.38. The lowest BCUT2D eigenvalue weighted by atomic mass is 9.85. The molecule has 1 aliphatic rings. The summed E-state index contributed by atoms with van der Waals surface area (Å²) in [5, 5.41) is 9.13. The molecule has 21 heavy (non-hydrogen) atoms. The first-order chi connectivity index (χ1) is 10.2. The van der Waals surface area contributed by atoms with Crippen LogP contribution in [0.3, 0.4) is 0 Å². The normalized spacial score (nSPS) is 20.4. The van der Waals surface area contributed by atoms with E-state index in [2.05, 4.69) is 12.1 Å². The maximum atomic E-state index is 11.1. The van der Waals surface area contributed by atoms with Gasteiger partial charge in [-0.05, 0) is 23.6 Å². The van der Waals surface area contributed by atoms with Gasteiger partial charge >= 0.3 is 5.97 Å². The van der Waals surface area contributed by atoms with Gasteiger partial charge in [0, 0.05) is 12.3 Å². The molecule has 1 unspecified atom stereocenters. The van der Waals surface area contributed by atoms with Gasteiger partial charge < -0.3 is 9.84 Å². The van der Waals surface area contributed by atoms with Gasteiger partial charge in [0.2, 0.25) is 0 Å². The third-order valence-corrected chi connectivity index (χ3v) is 3.93. The van der Waals surface area contributed by atoms with Crippen molar-refractivity contribution in [1.29, 1.82) is 0 Å². The zero-order valence-corrected chi connectivity index (χ0v) is 11.7. The smallest absolute Gasteiger partial charge is 0.303 e. The number of carbonyl (C=O) groups is 1. The van der Waals surface area contributed by atoms with E-state index in [4.69, 9.17) is 9.84 Å². The van der Waals surface area contributed by atoms with Gasteiger partial charge in [-0.2, -0.15) is 0 Å². The Morgan fingerprint density at radius 1 is 1.10 bits per heavy atom. The minimum atomic E-state index is -0.754. The number of benzene rings is 2. The maximum Gasteiger partial charge on any atom is 0.303 e. The minimum Gasteiger partial charge on any atom is -0.490 e. The average molecular weight is 282 g/mol. The van der Waals surface area contributed by atoms with E-state index < -0.39 is 5.97 Å². The molecule has 0 aliphatic carbocycles. The van der Waals surface area contributed by atoms with Gasteiger partial charge in [-0.15, -0.1) is 0 Å². The molecule has 1 aliphatic heterocycles. The number of ether oxygens (including phenoxy) is 1. The van der Waals surface area contributed by atoms with Crippen molar-refractivity contribution in [2.45, 2.75) is 31.3 Å². The SMILES string of the molecule is O=C(O)CC1C[C@H](Cc2ccccc2)Oc2ccccc21. The second-order valence-corrected chi connectivity index (χ2v) is 5.50. The monoisotopic (exact) mass is 282 g/mol. The summed E-state index contributed by atoms with van der Waals surface area (Å²) in [5.74, 6) is 0.104. The largest absolute Gasteiger partial charge is 0.490 e. The van der Waals surface area contributed by atoms with Crippen LogP contribution in [0.25, 0.3) is 0 Å². The van der Waals surface area contributed by atoms with Crippen molar-refractivity contribution in [1.82, 2.24) is 0 Å². The first kappa shape index (κ1) is 13.7. The first-order valence-corrected chi connectivity index (χ1v) is 7.23. The van der Waals surface area contributed by atoms with Crippen LogP contribution in [0.1, 0.15) is 29.9 Å². The lowest BCUT2D eigenvalue weighted by Crippen LogP contribution is -2.28. The van der Waals surface area contributed by atoms with Crippen LogP contribution in [0.4, 0.5) is 0 Å². The highest BCUT2D eigenvalue weighted by Gasteiger charge is 2.29. The molecule has 2 atom stereocenters. The second-order valence-electron chi connectivity index (χ2n) is 5.50. The Balaban J connectivity index is 1.81. The number of carboxylic acid groups (broad SMARTS) is 1. The van der Waals surface area contributed by atoms with Gasteiger partial charge in [0.1, 0.15) is 11.9 Å². The number of carboxylic acids is 1. The van der Waals surface area contributed by atoms with Crippen molar-refractivity contribution in [2.24, 2.45) is 0 Å². The standard InChI is InChI=1S/C18H18O3/c19-18(20)12-14-11-15(10-13-6-2-1-3-7-13)21-17-9-5-4-8-16(14)17/h1-9,14-15H,10-12H2,(H,19,20)/t14?,15-/m0/s1. The second kappa shape index (κ2) is 6.00. The van der Waals surface area contributed by atoms with Crippen LogP contribution in [0.5, 0.6) is 5.75 Å². The van der Waals surface area contributed by atoms with E-state index in [9.17, 15) is 4.79 Å². The summed E-state index contributed by atoms with van der Waals surface area (Å²) in [7, 11) is 0. The molecule has 0 fully saturated rings. The van der Waals surface area contributed by atoms with E-state index in [1.54, 1.807) is 0 Å². The van der Waals surface area contributed by atoms with Gasteiger partial charge in [-0.25, -0.2) is 0 Å². The van der Waals surface area contributed by atoms with E-state index in [1.165, 1.54) is 5.56 Å². The van der Waals surface area contributed by atoms with E-state index in [1.807, 2.05) is 42.5 Å². The van der Waals surface area contributed by atoms with Gasteiger partial charge in [0.05, 0.1) is 6.42 Å². The molecule has 108 valence electrons. The van der Waals surface area contributed by atoms with Gasteiger partial charge in [-0.1, -0.05) is 48.5 Å². The number of rotatable bonds is 4. The first-order valence-electron chi connectivity index (χ1n) is 7.23. The molecule has 1 N–H and O–H groups in total. The van der Waals surface area contributed by atoms with E-state index in [-0.39, 0.29) is 18.4 Å². The highest BCUT2D eigenvalue weighted by molar-refractivity contribution is 5.68. The molecule has 3 nitrogen and oxygen atoms in total. The molecular formula is C18H18O3. The van der Waals surface area contributed by atoms with Gasteiger partial charge in [-0.3, -0.25) is 4.79 Å². The zero-order chi connectivity index (χ0) is 14.7. The maximum absolute atomic E-state index is 11.1. The molecule has 0 bridgehead atoms. The summed E-state index contributed by atoms with van der Waals surface area (Å²) >= 11 is 0. The Morgan fingerprint density at radius 2 is 1.81 bits per heavy atom. The van der Waals surface area contributed by atoms with Crippen LogP contribution in [-0.4, -0.2) is 17.2 Å². The number of hydrogen-bond acceptors (Lipinski definition) is 2. The van der Waals surface area contributed by atoms with Crippen molar-refractivity contribution < 1.29 is 14.6 Å². The average Bonchev–Trinajstić information content (AvgIpc) is 2.48. The Hall–Kier alpha value is -2.29. The zero-order valence-electron chi connectivity index (χ0n) is 11.7. The summed E-state index contributed by atoms with van der Waals surface area (Å²) < 4.78 is 6.05. The number of para-hydroxylation sites is 1. The fourth-order valence-electron chi connectivity index (χ4n) is 3.00. The molecule has 2 aromatic rings. The molecule has 1 heterocycles. The van der Waals surface area contributed by atoms with Gasteiger partial charge in [0.25, 0.3) is 0 Å². The summed E-state index contributed by atoms with van der Waals surface area (Å²) in [6, 6.07) is 18.0. The third-order valence-electron chi connectivity index (χ3n) is 3.93.